The van der Waals surface area contributed by atoms with Crippen molar-refractivity contribution in [2.75, 3.05) is 25.5 Å². The number of nitrogens with zero attached hydrogens (tertiary/aromatic N) is 1. The highest BCUT2D eigenvalue weighted by atomic mass is 32.2. The van der Waals surface area contributed by atoms with Crippen molar-refractivity contribution in [3.05, 3.63) is 23.8 Å². The quantitative estimate of drug-likeness (QED) is 0.856. The predicted molar refractivity (Wildman–Crippen MR) is 90.9 cm³/mol. The van der Waals surface area contributed by atoms with Crippen LogP contribution in [-0.2, 0) is 14.8 Å². The van der Waals surface area contributed by atoms with Gasteiger partial charge in [-0.3, -0.25) is 9.69 Å². The molecule has 6 nitrogen and oxygen atoms in total. The molecule has 1 saturated heterocycles. The molecule has 1 aliphatic heterocycles. The fourth-order valence-corrected chi connectivity index (χ4v) is 3.85. The average Bonchev–Trinajstić information content (AvgIpc) is 2.51. The van der Waals surface area contributed by atoms with Crippen molar-refractivity contribution in [2.24, 2.45) is 0 Å². The normalized spacial score (nSPS) is 19.5. The van der Waals surface area contributed by atoms with Crippen molar-refractivity contribution < 1.29 is 13.2 Å². The molecule has 2 rings (SSSR count). The molecule has 1 amide bonds. The summed E-state index contributed by atoms with van der Waals surface area (Å²) in [5.74, 6) is -0.115. The number of aryl methyl sites for hydroxylation is 1. The number of hydrogen-bond donors (Lipinski definition) is 2. The lowest BCUT2D eigenvalue weighted by molar-refractivity contribution is -0.118. The minimum Gasteiger partial charge on any atom is -0.325 e. The molecule has 128 valence electrons. The first-order chi connectivity index (χ1) is 10.8. The number of likely N-dealkylation sites (tertiary alicyclic amines) is 1. The van der Waals surface area contributed by atoms with E-state index < -0.39 is 10.0 Å². The number of rotatable bonds is 5. The number of amides is 1. The van der Waals surface area contributed by atoms with Crippen molar-refractivity contribution in [2.45, 2.75) is 44.0 Å². The zero-order chi connectivity index (χ0) is 17.0. The maximum absolute atomic E-state index is 12.2. The highest BCUT2D eigenvalue weighted by molar-refractivity contribution is 7.89. The first kappa shape index (κ1) is 17.9. The van der Waals surface area contributed by atoms with Gasteiger partial charge in [-0.05, 0) is 58.0 Å². The first-order valence-electron chi connectivity index (χ1n) is 7.91. The summed E-state index contributed by atoms with van der Waals surface area (Å²) in [4.78, 5) is 14.6. The second kappa shape index (κ2) is 7.42. The smallest absolute Gasteiger partial charge is 0.240 e. The summed E-state index contributed by atoms with van der Waals surface area (Å²) in [5.41, 5.74) is 1.14. The topological polar surface area (TPSA) is 78.5 Å². The highest BCUT2D eigenvalue weighted by Gasteiger charge is 2.21. The first-order valence-corrected chi connectivity index (χ1v) is 9.40. The minimum absolute atomic E-state index is 0.115. The van der Waals surface area contributed by atoms with Gasteiger partial charge in [0.25, 0.3) is 0 Å². The van der Waals surface area contributed by atoms with Gasteiger partial charge in [-0.25, -0.2) is 13.1 Å². The van der Waals surface area contributed by atoms with Crippen LogP contribution < -0.4 is 10.0 Å². The van der Waals surface area contributed by atoms with Crippen LogP contribution in [0.1, 0.15) is 31.7 Å². The number of hydrogen-bond acceptors (Lipinski definition) is 4. The Labute approximate surface area is 138 Å². The number of benzene rings is 1. The molecule has 0 unspecified atom stereocenters. The fraction of sp³-hybridized carbons (Fsp3) is 0.562. The summed E-state index contributed by atoms with van der Waals surface area (Å²) in [5, 5.41) is 2.80. The van der Waals surface area contributed by atoms with Crippen molar-refractivity contribution in [1.82, 2.24) is 9.62 Å². The summed E-state index contributed by atoms with van der Waals surface area (Å²) in [6.07, 6.45) is 3.44. The molecular formula is C16H25N3O3S. The van der Waals surface area contributed by atoms with Gasteiger partial charge >= 0.3 is 0 Å². The average molecular weight is 339 g/mol. The van der Waals surface area contributed by atoms with Gasteiger partial charge in [0.1, 0.15) is 0 Å². The third-order valence-electron chi connectivity index (χ3n) is 4.32. The molecule has 7 heteroatoms. The Bertz CT molecular complexity index is 673. The summed E-state index contributed by atoms with van der Waals surface area (Å²) in [6, 6.07) is 5.33. The SMILES string of the molecule is CNS(=O)(=O)c1cc(NC(=O)CN2CCCC[C@H]2C)ccc1C. The molecular weight excluding hydrogens is 314 g/mol. The molecule has 0 aromatic heterocycles. The predicted octanol–water partition coefficient (Wildman–Crippen LogP) is 1.72. The molecule has 0 spiro atoms. The second-order valence-electron chi connectivity index (χ2n) is 6.05. The third-order valence-corrected chi connectivity index (χ3v) is 5.87. The van der Waals surface area contributed by atoms with Gasteiger partial charge in [0.15, 0.2) is 0 Å². The van der Waals surface area contributed by atoms with Crippen LogP contribution in [0.4, 0.5) is 5.69 Å². The van der Waals surface area contributed by atoms with Gasteiger partial charge in [0.05, 0.1) is 11.4 Å². The Morgan fingerprint density at radius 1 is 1.35 bits per heavy atom. The Morgan fingerprint density at radius 2 is 2.09 bits per heavy atom. The van der Waals surface area contributed by atoms with Gasteiger partial charge in [-0.2, -0.15) is 0 Å². The van der Waals surface area contributed by atoms with Crippen LogP contribution in [-0.4, -0.2) is 45.4 Å². The van der Waals surface area contributed by atoms with E-state index in [0.717, 1.165) is 19.4 Å². The molecule has 1 atom stereocenters. The van der Waals surface area contributed by atoms with Crippen molar-refractivity contribution >= 4 is 21.6 Å². The van der Waals surface area contributed by atoms with E-state index in [1.54, 1.807) is 19.1 Å². The fourth-order valence-electron chi connectivity index (χ4n) is 2.85. The van der Waals surface area contributed by atoms with E-state index in [-0.39, 0.29) is 10.8 Å². The van der Waals surface area contributed by atoms with Crippen LogP contribution in [0.2, 0.25) is 0 Å². The van der Waals surface area contributed by atoms with Gasteiger partial charge < -0.3 is 5.32 Å². The van der Waals surface area contributed by atoms with Gasteiger partial charge in [0, 0.05) is 11.7 Å². The number of piperidine rings is 1. The molecule has 0 saturated carbocycles. The highest BCUT2D eigenvalue weighted by Crippen LogP contribution is 2.20. The van der Waals surface area contributed by atoms with Crippen LogP contribution in [0.5, 0.6) is 0 Å². The van der Waals surface area contributed by atoms with E-state index in [1.165, 1.54) is 19.5 Å². The van der Waals surface area contributed by atoms with Crippen molar-refractivity contribution in [3.63, 3.8) is 0 Å². The number of carbonyl (C=O) groups excluding carboxylic acids is 1. The molecule has 1 aromatic carbocycles. The number of nitrogens with one attached hydrogen (secondary N) is 2. The van der Waals surface area contributed by atoms with E-state index in [4.69, 9.17) is 0 Å². The van der Waals surface area contributed by atoms with Crippen LogP contribution in [0, 0.1) is 6.92 Å². The van der Waals surface area contributed by atoms with E-state index >= 15 is 0 Å². The molecule has 0 aliphatic carbocycles. The minimum atomic E-state index is -3.53. The van der Waals surface area contributed by atoms with Crippen LogP contribution in [0.3, 0.4) is 0 Å². The number of sulfonamides is 1. The van der Waals surface area contributed by atoms with Crippen LogP contribution >= 0.6 is 0 Å². The van der Waals surface area contributed by atoms with Gasteiger partial charge in [-0.15, -0.1) is 0 Å². The summed E-state index contributed by atoms with van der Waals surface area (Å²) in [7, 11) is -2.16. The Balaban J connectivity index is 2.08. The van der Waals surface area contributed by atoms with Gasteiger partial charge in [0.2, 0.25) is 15.9 Å². The molecule has 0 bridgehead atoms. The van der Waals surface area contributed by atoms with E-state index in [9.17, 15) is 13.2 Å². The zero-order valence-electron chi connectivity index (χ0n) is 13.9. The standard InChI is InChI=1S/C16H25N3O3S/c1-12-7-8-14(10-15(12)23(21,22)17-3)18-16(20)11-19-9-5-4-6-13(19)2/h7-8,10,13,17H,4-6,9,11H2,1-3H3,(H,18,20)/t13-/m1/s1. The lowest BCUT2D eigenvalue weighted by Crippen LogP contribution is -2.42. The summed E-state index contributed by atoms with van der Waals surface area (Å²) >= 11 is 0. The number of carbonyl (C=O) groups is 1. The summed E-state index contributed by atoms with van der Waals surface area (Å²) in [6.45, 7) is 5.13. The zero-order valence-corrected chi connectivity index (χ0v) is 14.7. The molecule has 1 fully saturated rings. The Morgan fingerprint density at radius 3 is 2.74 bits per heavy atom. The monoisotopic (exact) mass is 339 g/mol. The molecule has 23 heavy (non-hydrogen) atoms. The van der Waals surface area contributed by atoms with Crippen molar-refractivity contribution in [3.8, 4) is 0 Å². The molecule has 0 radical (unpaired) electrons. The lowest BCUT2D eigenvalue weighted by Gasteiger charge is -2.32. The van der Waals surface area contributed by atoms with E-state index in [1.807, 2.05) is 0 Å². The van der Waals surface area contributed by atoms with Crippen LogP contribution in [0.15, 0.2) is 23.1 Å². The summed E-state index contributed by atoms with van der Waals surface area (Å²) < 4.78 is 26.3. The maximum atomic E-state index is 12.2. The lowest BCUT2D eigenvalue weighted by atomic mass is 10.0. The molecule has 1 heterocycles. The van der Waals surface area contributed by atoms with Crippen LogP contribution in [0.25, 0.3) is 0 Å². The molecule has 1 aromatic rings. The number of anilines is 1. The van der Waals surface area contributed by atoms with E-state index in [0.29, 0.717) is 23.8 Å². The largest absolute Gasteiger partial charge is 0.325 e. The van der Waals surface area contributed by atoms with Gasteiger partial charge in [-0.1, -0.05) is 12.5 Å². The second-order valence-corrected chi connectivity index (χ2v) is 7.91. The third kappa shape index (κ3) is 4.53. The maximum Gasteiger partial charge on any atom is 0.240 e. The van der Waals surface area contributed by atoms with Crippen molar-refractivity contribution in [1.29, 1.82) is 0 Å². The Hall–Kier alpha value is -1.44. The molecule has 2 N–H and O–H groups in total. The molecule has 1 aliphatic rings. The Kier molecular flexibility index (Phi) is 5.78. The van der Waals surface area contributed by atoms with E-state index in [2.05, 4.69) is 21.9 Å².